The van der Waals surface area contributed by atoms with Crippen molar-refractivity contribution in [2.24, 2.45) is 0 Å². The van der Waals surface area contributed by atoms with Crippen LogP contribution in [0.15, 0.2) is 24.3 Å². The summed E-state index contributed by atoms with van der Waals surface area (Å²) in [6.45, 7) is 1.49. The van der Waals surface area contributed by atoms with Crippen LogP contribution in [0.5, 0.6) is 0 Å². The lowest BCUT2D eigenvalue weighted by atomic mass is 9.94. The fourth-order valence-corrected chi connectivity index (χ4v) is 2.45. The van der Waals surface area contributed by atoms with Crippen LogP contribution in [0, 0.1) is 5.82 Å². The topological polar surface area (TPSA) is 87.7 Å². The highest BCUT2D eigenvalue weighted by Crippen LogP contribution is 2.27. The first-order valence-electron chi connectivity index (χ1n) is 6.90. The number of hydrogen-bond donors (Lipinski definition) is 2. The van der Waals surface area contributed by atoms with E-state index in [1.807, 2.05) is 0 Å². The summed E-state index contributed by atoms with van der Waals surface area (Å²) < 4.78 is 45.5. The van der Waals surface area contributed by atoms with Gasteiger partial charge < -0.3 is 10.1 Å². The molecule has 0 saturated carbocycles. The van der Waals surface area contributed by atoms with Crippen LogP contribution < -0.4 is 10.0 Å². The number of nitrogens with zero attached hydrogens (tertiary/aromatic N) is 1. The van der Waals surface area contributed by atoms with Crippen LogP contribution in [-0.4, -0.2) is 52.9 Å². The van der Waals surface area contributed by atoms with E-state index >= 15 is 0 Å². The first-order chi connectivity index (χ1) is 10.6. The predicted octanol–water partition coefficient (Wildman–Crippen LogP) is 0.200. The Labute approximate surface area is 136 Å². The number of nitrogens with one attached hydrogen (secondary N) is 2. The molecule has 1 atom stereocenters. The number of amides is 1. The maximum Gasteiger partial charge on any atom is 0.278 e. The van der Waals surface area contributed by atoms with Crippen molar-refractivity contribution in [3.8, 4) is 0 Å². The summed E-state index contributed by atoms with van der Waals surface area (Å²) >= 11 is 0. The van der Waals surface area contributed by atoms with Crippen molar-refractivity contribution >= 4 is 16.1 Å². The van der Waals surface area contributed by atoms with Gasteiger partial charge in [0.05, 0.1) is 0 Å². The number of methoxy groups -OCH3 is 1. The lowest BCUT2D eigenvalue weighted by Crippen LogP contribution is -2.47. The van der Waals surface area contributed by atoms with Crippen LogP contribution in [0.2, 0.25) is 0 Å². The van der Waals surface area contributed by atoms with Gasteiger partial charge >= 0.3 is 0 Å². The highest BCUT2D eigenvalue weighted by Gasteiger charge is 2.37. The monoisotopic (exact) mass is 347 g/mol. The second-order valence-electron chi connectivity index (χ2n) is 5.15. The van der Waals surface area contributed by atoms with E-state index in [1.165, 1.54) is 46.3 Å². The zero-order chi connectivity index (χ0) is 17.7. The number of carbonyl (C=O) groups excluding carboxylic acids is 1. The first kappa shape index (κ1) is 19.5. The van der Waals surface area contributed by atoms with Crippen LogP contribution in [-0.2, 0) is 25.3 Å². The molecule has 0 saturated heterocycles. The summed E-state index contributed by atoms with van der Waals surface area (Å²) in [6.07, 6.45) is 0. The van der Waals surface area contributed by atoms with Gasteiger partial charge in [0.25, 0.3) is 16.1 Å². The molecule has 0 aliphatic heterocycles. The molecule has 0 aliphatic rings. The smallest absolute Gasteiger partial charge is 0.278 e. The minimum absolute atomic E-state index is 0.00329. The van der Waals surface area contributed by atoms with Crippen molar-refractivity contribution in [1.82, 2.24) is 14.3 Å². The Balaban J connectivity index is 2.70. The summed E-state index contributed by atoms with van der Waals surface area (Å²) in [5.74, 6) is -1.12. The Morgan fingerprint density at radius 2 is 1.91 bits per heavy atom. The van der Waals surface area contributed by atoms with Gasteiger partial charge in [0.2, 0.25) is 0 Å². The van der Waals surface area contributed by atoms with Crippen molar-refractivity contribution in [2.75, 3.05) is 34.3 Å². The van der Waals surface area contributed by atoms with Gasteiger partial charge in [-0.2, -0.15) is 12.7 Å². The lowest BCUT2D eigenvalue weighted by Gasteiger charge is -2.27. The normalized spacial score (nSPS) is 14.5. The summed E-state index contributed by atoms with van der Waals surface area (Å²) in [5.41, 5.74) is -1.40. The summed E-state index contributed by atoms with van der Waals surface area (Å²) in [5, 5.41) is 2.54. The second kappa shape index (κ2) is 7.82. The quantitative estimate of drug-likeness (QED) is 0.658. The molecule has 130 valence electrons. The van der Waals surface area contributed by atoms with Gasteiger partial charge in [-0.25, -0.2) is 9.11 Å². The zero-order valence-electron chi connectivity index (χ0n) is 13.6. The van der Waals surface area contributed by atoms with Gasteiger partial charge in [-0.1, -0.05) is 18.2 Å². The van der Waals surface area contributed by atoms with E-state index in [4.69, 9.17) is 4.74 Å². The molecule has 0 radical (unpaired) electrons. The second-order valence-corrected chi connectivity index (χ2v) is 7.12. The molecule has 1 amide bonds. The third kappa shape index (κ3) is 4.71. The molecule has 2 N–H and O–H groups in total. The van der Waals surface area contributed by atoms with E-state index in [0.29, 0.717) is 0 Å². The zero-order valence-corrected chi connectivity index (χ0v) is 14.4. The molecule has 0 fully saturated rings. The van der Waals surface area contributed by atoms with Gasteiger partial charge in [0, 0.05) is 39.9 Å². The number of benzene rings is 1. The Kier molecular flexibility index (Phi) is 6.63. The number of rotatable bonds is 8. The van der Waals surface area contributed by atoms with Crippen LogP contribution in [0.25, 0.3) is 0 Å². The van der Waals surface area contributed by atoms with E-state index in [1.54, 1.807) is 6.07 Å². The summed E-state index contributed by atoms with van der Waals surface area (Å²) in [4.78, 5) is 12.3. The number of halogens is 1. The van der Waals surface area contributed by atoms with Crippen LogP contribution >= 0.6 is 0 Å². The fraction of sp³-hybridized carbons (Fsp3) is 0.500. The van der Waals surface area contributed by atoms with Gasteiger partial charge in [-0.15, -0.1) is 0 Å². The minimum Gasteiger partial charge on any atom is -0.364 e. The van der Waals surface area contributed by atoms with Gasteiger partial charge in [-0.3, -0.25) is 4.79 Å². The molecule has 7 nitrogen and oxygen atoms in total. The van der Waals surface area contributed by atoms with Crippen LogP contribution in [0.4, 0.5) is 4.39 Å². The largest absolute Gasteiger partial charge is 0.364 e. The molecule has 0 bridgehead atoms. The van der Waals surface area contributed by atoms with E-state index in [2.05, 4.69) is 10.0 Å². The van der Waals surface area contributed by atoms with Crippen molar-refractivity contribution in [3.63, 3.8) is 0 Å². The molecule has 1 rings (SSSR count). The highest BCUT2D eigenvalue weighted by atomic mass is 32.2. The average Bonchev–Trinajstić information content (AvgIpc) is 2.50. The Hall–Kier alpha value is -1.55. The van der Waals surface area contributed by atoms with Crippen molar-refractivity contribution in [2.45, 2.75) is 12.5 Å². The van der Waals surface area contributed by atoms with E-state index in [9.17, 15) is 17.6 Å². The van der Waals surface area contributed by atoms with E-state index < -0.39 is 27.5 Å². The summed E-state index contributed by atoms with van der Waals surface area (Å²) in [7, 11) is 0.531. The molecule has 0 aromatic heterocycles. The molecular formula is C14H22FN3O4S. The van der Waals surface area contributed by atoms with Crippen LogP contribution in [0.1, 0.15) is 12.5 Å². The Bertz CT molecular complexity index is 651. The standard InChI is InChI=1S/C14H22FN3O4S/c1-14(22-4,11-7-5-6-8-12(11)15)13(19)16-9-10-17-23(20,21)18(2)3/h5-8,17H,9-10H2,1-4H3,(H,16,19)/t14-/m0/s1. The Morgan fingerprint density at radius 1 is 1.30 bits per heavy atom. The predicted molar refractivity (Wildman–Crippen MR) is 84.4 cm³/mol. The summed E-state index contributed by atoms with van der Waals surface area (Å²) in [6, 6.07) is 5.83. The number of hydrogen-bond acceptors (Lipinski definition) is 4. The molecule has 0 unspecified atom stereocenters. The molecule has 1 aromatic carbocycles. The third-order valence-corrected chi connectivity index (χ3v) is 4.94. The first-order valence-corrected chi connectivity index (χ1v) is 8.34. The maximum atomic E-state index is 13.9. The van der Waals surface area contributed by atoms with Gasteiger partial charge in [-0.05, 0) is 13.0 Å². The van der Waals surface area contributed by atoms with E-state index in [-0.39, 0.29) is 18.7 Å². The average molecular weight is 347 g/mol. The SMILES string of the molecule is CO[C@](C)(C(=O)NCCNS(=O)(=O)N(C)C)c1ccccc1F. The molecule has 0 spiro atoms. The van der Waals surface area contributed by atoms with Crippen molar-refractivity contribution in [3.05, 3.63) is 35.6 Å². The molecule has 9 heteroatoms. The maximum absolute atomic E-state index is 13.9. The Morgan fingerprint density at radius 3 is 2.43 bits per heavy atom. The van der Waals surface area contributed by atoms with Gasteiger partial charge in [0.1, 0.15) is 5.82 Å². The minimum atomic E-state index is -3.56. The molecule has 1 aromatic rings. The fourth-order valence-electron chi connectivity index (χ4n) is 1.83. The lowest BCUT2D eigenvalue weighted by molar-refractivity contribution is -0.142. The third-order valence-electron chi connectivity index (χ3n) is 3.41. The number of ether oxygens (including phenoxy) is 1. The van der Waals surface area contributed by atoms with Crippen molar-refractivity contribution < 1.29 is 22.3 Å². The van der Waals surface area contributed by atoms with E-state index in [0.717, 1.165) is 4.31 Å². The van der Waals surface area contributed by atoms with Gasteiger partial charge in [0.15, 0.2) is 5.60 Å². The highest BCUT2D eigenvalue weighted by molar-refractivity contribution is 7.87. The molecule has 23 heavy (non-hydrogen) atoms. The molecule has 0 heterocycles. The van der Waals surface area contributed by atoms with Crippen molar-refractivity contribution in [1.29, 1.82) is 0 Å². The van der Waals surface area contributed by atoms with Crippen LogP contribution in [0.3, 0.4) is 0 Å². The molecular weight excluding hydrogens is 325 g/mol. The number of carbonyl (C=O) groups is 1. The molecule has 0 aliphatic carbocycles.